The van der Waals surface area contributed by atoms with E-state index >= 15 is 0 Å². The summed E-state index contributed by atoms with van der Waals surface area (Å²) >= 11 is 1.35. The minimum absolute atomic E-state index is 0. The monoisotopic (exact) mass is 202 g/mol. The molecular weight excluding hydrogens is 198 g/mol. The van der Waals surface area contributed by atoms with Crippen molar-refractivity contribution in [1.82, 2.24) is 0 Å². The van der Waals surface area contributed by atoms with Gasteiger partial charge in [0.15, 0.2) is 0 Å². The SMILES string of the molecule is Cl.Cl.[CH3][In]. The molecule has 2 radical (unpaired) electrons. The van der Waals surface area contributed by atoms with Gasteiger partial charge in [-0.3, -0.25) is 0 Å². The molecule has 0 atom stereocenters. The molecular formula is CH5Cl2In. The van der Waals surface area contributed by atoms with Crippen LogP contribution in [0.2, 0.25) is 4.68 Å². The first-order valence-electron chi connectivity index (χ1n) is 0.577. The summed E-state index contributed by atoms with van der Waals surface area (Å²) in [7, 11) is 0. The van der Waals surface area contributed by atoms with E-state index in [1.807, 2.05) is 0 Å². The first-order chi connectivity index (χ1) is 1.00. The fraction of sp³-hybridized carbons (Fsp3) is 1.00. The first kappa shape index (κ1) is 18.0. The zero-order chi connectivity index (χ0) is 2.00. The maximum absolute atomic E-state index is 2.13. The van der Waals surface area contributed by atoms with Gasteiger partial charge in [-0.2, -0.15) is 0 Å². The molecule has 0 nitrogen and oxygen atoms in total. The van der Waals surface area contributed by atoms with Gasteiger partial charge in [0, 0.05) is 0 Å². The molecule has 0 fully saturated rings. The molecule has 0 aliphatic carbocycles. The third kappa shape index (κ3) is 9.85. The van der Waals surface area contributed by atoms with Crippen molar-refractivity contribution in [1.29, 1.82) is 0 Å². The van der Waals surface area contributed by atoms with Crippen LogP contribution < -0.4 is 0 Å². The summed E-state index contributed by atoms with van der Waals surface area (Å²) in [4.78, 5) is 0. The fourth-order valence-corrected chi connectivity index (χ4v) is 0. The second kappa shape index (κ2) is 25.2. The van der Waals surface area contributed by atoms with E-state index in [0.717, 1.165) is 0 Å². The predicted octanol–water partition coefficient (Wildman–Crippen LogP) is 1.05. The van der Waals surface area contributed by atoms with Crippen LogP contribution in [0.3, 0.4) is 0 Å². The number of hydrogen-bond donors (Lipinski definition) is 0. The topological polar surface area (TPSA) is 0 Å². The van der Waals surface area contributed by atoms with Crippen LogP contribution in [0.25, 0.3) is 0 Å². The molecule has 0 heterocycles. The Bertz CT molecular complexity index is 6.00. The van der Waals surface area contributed by atoms with Crippen molar-refractivity contribution in [3.05, 3.63) is 0 Å². The summed E-state index contributed by atoms with van der Waals surface area (Å²) in [5.41, 5.74) is 0. The van der Waals surface area contributed by atoms with E-state index in [-0.39, 0.29) is 24.8 Å². The van der Waals surface area contributed by atoms with E-state index in [1.165, 1.54) is 24.4 Å². The fourth-order valence-electron chi connectivity index (χ4n) is 0. The molecule has 0 saturated heterocycles. The van der Waals surface area contributed by atoms with Crippen LogP contribution in [0, 0.1) is 0 Å². The van der Waals surface area contributed by atoms with E-state index in [9.17, 15) is 0 Å². The maximum atomic E-state index is 2.13. The molecule has 0 saturated carbocycles. The van der Waals surface area contributed by atoms with Crippen LogP contribution in [0.4, 0.5) is 0 Å². The molecule has 4 heavy (non-hydrogen) atoms. The van der Waals surface area contributed by atoms with Crippen molar-refractivity contribution < 1.29 is 0 Å². The van der Waals surface area contributed by atoms with Gasteiger partial charge in [-0.05, 0) is 0 Å². The van der Waals surface area contributed by atoms with Crippen molar-refractivity contribution in [3.63, 3.8) is 0 Å². The van der Waals surface area contributed by atoms with Crippen molar-refractivity contribution in [2.24, 2.45) is 0 Å². The summed E-state index contributed by atoms with van der Waals surface area (Å²) < 4.78 is 2.13. The van der Waals surface area contributed by atoms with Crippen molar-refractivity contribution in [2.45, 2.75) is 4.68 Å². The van der Waals surface area contributed by atoms with Crippen molar-refractivity contribution >= 4 is 49.2 Å². The van der Waals surface area contributed by atoms with Crippen LogP contribution in [0.1, 0.15) is 0 Å². The normalized spacial score (nSPS) is 1.25. The molecule has 0 unspecified atom stereocenters. The van der Waals surface area contributed by atoms with Crippen molar-refractivity contribution in [3.8, 4) is 0 Å². The Kier molecular flexibility index (Phi) is 113. The van der Waals surface area contributed by atoms with E-state index in [2.05, 4.69) is 4.68 Å². The molecule has 0 rings (SSSR count). The molecule has 0 aliphatic rings. The Hall–Kier alpha value is 1.45. The Morgan fingerprint density at radius 1 is 1.00 bits per heavy atom. The second-order valence-electron chi connectivity index (χ2n) is 0. The van der Waals surface area contributed by atoms with Crippen LogP contribution in [-0.2, 0) is 0 Å². The summed E-state index contributed by atoms with van der Waals surface area (Å²) in [6.45, 7) is 0. The molecule has 0 spiro atoms. The summed E-state index contributed by atoms with van der Waals surface area (Å²) in [6.07, 6.45) is 0. The van der Waals surface area contributed by atoms with Crippen LogP contribution in [-0.4, -0.2) is 24.4 Å². The van der Waals surface area contributed by atoms with E-state index in [1.54, 1.807) is 0 Å². The van der Waals surface area contributed by atoms with Gasteiger partial charge in [0.2, 0.25) is 0 Å². The van der Waals surface area contributed by atoms with Gasteiger partial charge < -0.3 is 0 Å². The van der Waals surface area contributed by atoms with Crippen LogP contribution in [0.15, 0.2) is 0 Å². The Morgan fingerprint density at radius 3 is 1.00 bits per heavy atom. The molecule has 0 aromatic heterocycles. The average molecular weight is 203 g/mol. The number of hydrogen-bond acceptors (Lipinski definition) is 0. The zero-order valence-corrected chi connectivity index (χ0v) is 7.32. The van der Waals surface area contributed by atoms with Crippen molar-refractivity contribution in [2.75, 3.05) is 0 Å². The minimum atomic E-state index is 0. The summed E-state index contributed by atoms with van der Waals surface area (Å²) in [6, 6.07) is 0. The molecule has 26 valence electrons. The van der Waals surface area contributed by atoms with Crippen LogP contribution in [0.5, 0.6) is 0 Å². The molecule has 0 aromatic rings. The average Bonchev–Trinajstić information content (AvgIpc) is 1.00. The molecule has 0 bridgehead atoms. The van der Waals surface area contributed by atoms with Gasteiger partial charge in [-0.1, -0.05) is 0 Å². The second-order valence-corrected chi connectivity index (χ2v) is 0. The quantitative estimate of drug-likeness (QED) is 0.551. The third-order valence-corrected chi connectivity index (χ3v) is 0. The predicted molar refractivity (Wildman–Crippen MR) is 26.1 cm³/mol. The molecule has 0 aliphatic heterocycles. The Balaban J connectivity index is -0.00000000500. The van der Waals surface area contributed by atoms with Gasteiger partial charge >= 0.3 is 29.1 Å². The number of halogens is 2. The van der Waals surface area contributed by atoms with E-state index in [0.29, 0.717) is 0 Å². The first-order valence-corrected chi connectivity index (χ1v) is 3.87. The third-order valence-electron chi connectivity index (χ3n) is 0. The standard InChI is InChI=1S/CH3.2ClH.In/h1H3;2*1H;. The molecule has 0 N–H and O–H groups in total. The number of rotatable bonds is 0. The van der Waals surface area contributed by atoms with Gasteiger partial charge in [0.1, 0.15) is 0 Å². The zero-order valence-electron chi connectivity index (χ0n) is 2.39. The summed E-state index contributed by atoms with van der Waals surface area (Å²) in [5.74, 6) is 0. The van der Waals surface area contributed by atoms with Gasteiger partial charge in [0.05, 0.1) is 0 Å². The van der Waals surface area contributed by atoms with Gasteiger partial charge in [-0.25, -0.2) is 0 Å². The molecule has 0 amide bonds. The molecule has 3 heteroatoms. The van der Waals surface area contributed by atoms with Gasteiger partial charge in [0.25, 0.3) is 0 Å². The van der Waals surface area contributed by atoms with Gasteiger partial charge in [-0.15, -0.1) is 24.8 Å². The molecule has 0 aromatic carbocycles. The van der Waals surface area contributed by atoms with Crippen LogP contribution >= 0.6 is 24.8 Å². The Morgan fingerprint density at radius 2 is 1.00 bits per heavy atom. The van der Waals surface area contributed by atoms with E-state index in [4.69, 9.17) is 0 Å². The van der Waals surface area contributed by atoms with E-state index < -0.39 is 0 Å². The summed E-state index contributed by atoms with van der Waals surface area (Å²) in [5, 5.41) is 0. The Labute approximate surface area is 53.7 Å².